The molecule has 3 rings (SSSR count). The minimum absolute atomic E-state index is 0.0753. The second-order valence-corrected chi connectivity index (χ2v) is 7.59. The molecule has 1 amide bonds. The predicted molar refractivity (Wildman–Crippen MR) is 109 cm³/mol. The minimum atomic E-state index is -0.193. The topological polar surface area (TPSA) is 94.2 Å². The van der Waals surface area contributed by atoms with Crippen molar-refractivity contribution in [1.29, 1.82) is 0 Å². The number of anilines is 1. The van der Waals surface area contributed by atoms with Gasteiger partial charge in [0, 0.05) is 62.8 Å². The summed E-state index contributed by atoms with van der Waals surface area (Å²) in [5.74, 6) is 0.864. The van der Waals surface area contributed by atoms with E-state index in [2.05, 4.69) is 32.1 Å². The smallest absolute Gasteiger partial charge is 0.291 e. The molecule has 0 radical (unpaired) electrons. The zero-order valence-electron chi connectivity index (χ0n) is 17.1. The summed E-state index contributed by atoms with van der Waals surface area (Å²) in [6, 6.07) is 3.90. The van der Waals surface area contributed by atoms with E-state index in [0.717, 1.165) is 42.1 Å². The highest BCUT2D eigenvalue weighted by Gasteiger charge is 2.27. The number of carbonyl (C=O) groups is 1. The van der Waals surface area contributed by atoms with Crippen molar-refractivity contribution in [3.63, 3.8) is 0 Å². The largest absolute Gasteiger partial charge is 0.355 e. The molecule has 3 heterocycles. The summed E-state index contributed by atoms with van der Waals surface area (Å²) in [5.41, 5.74) is 2.70. The molecule has 0 bridgehead atoms. The van der Waals surface area contributed by atoms with E-state index in [4.69, 9.17) is 0 Å². The first-order valence-electron chi connectivity index (χ1n) is 9.52. The van der Waals surface area contributed by atoms with Crippen LogP contribution >= 0.6 is 0 Å². The van der Waals surface area contributed by atoms with Crippen molar-refractivity contribution in [2.45, 2.75) is 39.3 Å². The second-order valence-electron chi connectivity index (χ2n) is 7.59. The Labute approximate surface area is 165 Å². The summed E-state index contributed by atoms with van der Waals surface area (Å²) in [5, 5.41) is 3.60. The molecule has 0 aromatic carbocycles. The van der Waals surface area contributed by atoms with Gasteiger partial charge in [-0.25, -0.2) is 9.97 Å². The summed E-state index contributed by atoms with van der Waals surface area (Å²) < 4.78 is 0. The van der Waals surface area contributed by atoms with E-state index < -0.39 is 0 Å². The standard InChI is InChI=1S/C20H28N6O2/c1-12-13(2)23-18(20(28)25(4)5)24-19(12)26-9-7-16(11-26)22-14(3)15-6-8-21-17(27)10-15/h6,8,10,14,16,22H,7,9,11H2,1-5H3,(H,21,27)/t14?,16-/m1/s1. The van der Waals surface area contributed by atoms with E-state index in [9.17, 15) is 9.59 Å². The van der Waals surface area contributed by atoms with Crippen LogP contribution in [0.3, 0.4) is 0 Å². The molecule has 2 aromatic heterocycles. The van der Waals surface area contributed by atoms with Crippen LogP contribution in [0, 0.1) is 13.8 Å². The molecule has 2 aromatic rings. The Morgan fingerprint density at radius 2 is 2.11 bits per heavy atom. The Bertz CT molecular complexity index is 923. The molecule has 0 saturated carbocycles. The number of amides is 1. The molecule has 1 fully saturated rings. The summed E-state index contributed by atoms with van der Waals surface area (Å²) in [6.07, 6.45) is 2.64. The number of nitrogens with one attached hydrogen (secondary N) is 2. The van der Waals surface area contributed by atoms with Crippen LogP contribution in [-0.2, 0) is 0 Å². The fraction of sp³-hybridized carbons (Fsp3) is 0.500. The zero-order valence-corrected chi connectivity index (χ0v) is 17.1. The number of H-pyrrole nitrogens is 1. The van der Waals surface area contributed by atoms with Gasteiger partial charge in [0.05, 0.1) is 0 Å². The van der Waals surface area contributed by atoms with Gasteiger partial charge in [-0.2, -0.15) is 0 Å². The van der Waals surface area contributed by atoms with E-state index in [0.29, 0.717) is 0 Å². The van der Waals surface area contributed by atoms with Crippen LogP contribution in [0.2, 0.25) is 0 Å². The fourth-order valence-electron chi connectivity index (χ4n) is 3.49. The van der Waals surface area contributed by atoms with Crippen molar-refractivity contribution >= 4 is 11.7 Å². The highest BCUT2D eigenvalue weighted by Crippen LogP contribution is 2.25. The summed E-state index contributed by atoms with van der Waals surface area (Å²) >= 11 is 0. The van der Waals surface area contributed by atoms with Crippen LogP contribution in [0.25, 0.3) is 0 Å². The van der Waals surface area contributed by atoms with Crippen LogP contribution in [0.15, 0.2) is 23.1 Å². The Hall–Kier alpha value is -2.74. The monoisotopic (exact) mass is 384 g/mol. The molecule has 1 aliphatic heterocycles. The maximum Gasteiger partial charge on any atom is 0.291 e. The molecule has 2 atom stereocenters. The fourth-order valence-corrected chi connectivity index (χ4v) is 3.49. The summed E-state index contributed by atoms with van der Waals surface area (Å²) in [7, 11) is 3.40. The van der Waals surface area contributed by atoms with E-state index in [1.54, 1.807) is 26.4 Å². The lowest BCUT2D eigenvalue weighted by atomic mass is 10.1. The number of aromatic nitrogens is 3. The van der Waals surface area contributed by atoms with Gasteiger partial charge >= 0.3 is 0 Å². The third-order valence-electron chi connectivity index (χ3n) is 5.23. The van der Waals surface area contributed by atoms with Gasteiger partial charge in [0.25, 0.3) is 5.91 Å². The molecule has 1 aliphatic rings. The first-order chi connectivity index (χ1) is 13.3. The maximum absolute atomic E-state index is 12.3. The van der Waals surface area contributed by atoms with Gasteiger partial charge in [-0.1, -0.05) is 0 Å². The molecule has 0 aliphatic carbocycles. The lowest BCUT2D eigenvalue weighted by Crippen LogP contribution is -2.35. The van der Waals surface area contributed by atoms with Crippen molar-refractivity contribution in [3.05, 3.63) is 51.3 Å². The quantitative estimate of drug-likeness (QED) is 0.810. The van der Waals surface area contributed by atoms with Crippen LogP contribution in [0.5, 0.6) is 0 Å². The molecule has 28 heavy (non-hydrogen) atoms. The average molecular weight is 384 g/mol. The van der Waals surface area contributed by atoms with Crippen molar-refractivity contribution in [3.8, 4) is 0 Å². The molecule has 8 heteroatoms. The van der Waals surface area contributed by atoms with Gasteiger partial charge in [-0.15, -0.1) is 0 Å². The highest BCUT2D eigenvalue weighted by atomic mass is 16.2. The molecule has 1 unspecified atom stereocenters. The van der Waals surface area contributed by atoms with Gasteiger partial charge < -0.3 is 20.1 Å². The van der Waals surface area contributed by atoms with Gasteiger partial charge in [0.1, 0.15) is 5.82 Å². The number of aryl methyl sites for hydroxylation is 1. The maximum atomic E-state index is 12.3. The molecular weight excluding hydrogens is 356 g/mol. The minimum Gasteiger partial charge on any atom is -0.355 e. The first kappa shape index (κ1) is 20.0. The molecule has 150 valence electrons. The number of nitrogens with zero attached hydrogens (tertiary/aromatic N) is 4. The number of aromatic amines is 1. The van der Waals surface area contributed by atoms with Crippen LogP contribution in [-0.4, -0.2) is 59.0 Å². The lowest BCUT2D eigenvalue weighted by Gasteiger charge is -2.23. The highest BCUT2D eigenvalue weighted by molar-refractivity contribution is 5.90. The molecule has 2 N–H and O–H groups in total. The number of rotatable bonds is 5. The Kier molecular flexibility index (Phi) is 5.79. The predicted octanol–water partition coefficient (Wildman–Crippen LogP) is 1.41. The Balaban J connectivity index is 1.74. The first-order valence-corrected chi connectivity index (χ1v) is 9.52. The number of hydrogen-bond donors (Lipinski definition) is 2. The van der Waals surface area contributed by atoms with Crippen molar-refractivity contribution in [2.24, 2.45) is 0 Å². The summed E-state index contributed by atoms with van der Waals surface area (Å²) in [6.45, 7) is 7.61. The van der Waals surface area contributed by atoms with Crippen LogP contribution < -0.4 is 15.8 Å². The molecule has 8 nitrogen and oxygen atoms in total. The average Bonchev–Trinajstić information content (AvgIpc) is 3.11. The van der Waals surface area contributed by atoms with E-state index >= 15 is 0 Å². The third-order valence-corrected chi connectivity index (χ3v) is 5.23. The molecule has 0 spiro atoms. The van der Waals surface area contributed by atoms with Gasteiger partial charge in [-0.3, -0.25) is 9.59 Å². The Morgan fingerprint density at radius 3 is 2.79 bits per heavy atom. The number of hydrogen-bond acceptors (Lipinski definition) is 6. The third kappa shape index (κ3) is 4.22. The SMILES string of the molecule is Cc1nc(C(=O)N(C)C)nc(N2CC[C@@H](NC(C)c3cc[nH]c(=O)c3)C2)c1C. The van der Waals surface area contributed by atoms with Gasteiger partial charge in [0.2, 0.25) is 11.4 Å². The molecule has 1 saturated heterocycles. The van der Waals surface area contributed by atoms with E-state index in [-0.39, 0.29) is 29.4 Å². The zero-order chi connectivity index (χ0) is 20.4. The Morgan fingerprint density at radius 1 is 1.36 bits per heavy atom. The molecular formula is C20H28N6O2. The van der Waals surface area contributed by atoms with E-state index in [1.807, 2.05) is 19.9 Å². The van der Waals surface area contributed by atoms with Crippen molar-refractivity contribution < 1.29 is 4.79 Å². The second kappa shape index (κ2) is 8.10. The van der Waals surface area contributed by atoms with Crippen molar-refractivity contribution in [1.82, 2.24) is 25.2 Å². The van der Waals surface area contributed by atoms with Gasteiger partial charge in [0.15, 0.2) is 0 Å². The van der Waals surface area contributed by atoms with E-state index in [1.165, 1.54) is 4.90 Å². The lowest BCUT2D eigenvalue weighted by molar-refractivity contribution is 0.0815. The normalized spacial score (nSPS) is 17.6. The number of pyridine rings is 1. The summed E-state index contributed by atoms with van der Waals surface area (Å²) in [4.78, 5) is 39.1. The van der Waals surface area contributed by atoms with Crippen LogP contribution in [0.4, 0.5) is 5.82 Å². The van der Waals surface area contributed by atoms with Gasteiger partial charge in [-0.05, 0) is 38.8 Å². The van der Waals surface area contributed by atoms with Crippen molar-refractivity contribution in [2.75, 3.05) is 32.1 Å². The van der Waals surface area contributed by atoms with Crippen LogP contribution in [0.1, 0.15) is 46.8 Å². The number of carbonyl (C=O) groups excluding carboxylic acids is 1.